The number of rotatable bonds is 4. The molecule has 0 aliphatic carbocycles. The normalized spacial score (nSPS) is 18.1. The Morgan fingerprint density at radius 3 is 2.36 bits per heavy atom. The highest BCUT2D eigenvalue weighted by Gasteiger charge is 2.10. The Morgan fingerprint density at radius 1 is 1.45 bits per heavy atom. The molecule has 1 N–H and O–H groups in total. The van der Waals surface area contributed by atoms with Crippen LogP contribution < -0.4 is 5.32 Å². The predicted octanol–water partition coefficient (Wildman–Crippen LogP) is 2.59. The SMILES string of the molecule is CC/C=C(\C)C(C)C(C)NC. The molecule has 0 fully saturated rings. The molecular weight excluding hydrogens is 134 g/mol. The lowest BCUT2D eigenvalue weighted by molar-refractivity contribution is 0.477. The number of hydrogen-bond acceptors (Lipinski definition) is 1. The van der Waals surface area contributed by atoms with Crippen LogP contribution >= 0.6 is 0 Å². The monoisotopic (exact) mass is 155 g/mol. The van der Waals surface area contributed by atoms with Crippen molar-refractivity contribution in [1.29, 1.82) is 0 Å². The van der Waals surface area contributed by atoms with Crippen LogP contribution in [0.3, 0.4) is 0 Å². The zero-order chi connectivity index (χ0) is 8.85. The third-order valence-electron chi connectivity index (χ3n) is 2.45. The first-order chi connectivity index (χ1) is 5.13. The van der Waals surface area contributed by atoms with Gasteiger partial charge in [0.1, 0.15) is 0 Å². The molecule has 1 nitrogen and oxygen atoms in total. The summed E-state index contributed by atoms with van der Waals surface area (Å²) in [6, 6.07) is 0.581. The molecule has 0 aromatic heterocycles. The quantitative estimate of drug-likeness (QED) is 0.615. The third kappa shape index (κ3) is 3.57. The number of nitrogens with one attached hydrogen (secondary N) is 1. The second-order valence-electron chi connectivity index (χ2n) is 3.22. The molecule has 0 saturated carbocycles. The van der Waals surface area contributed by atoms with Crippen molar-refractivity contribution < 1.29 is 0 Å². The van der Waals surface area contributed by atoms with E-state index in [1.54, 1.807) is 0 Å². The molecule has 0 spiro atoms. The van der Waals surface area contributed by atoms with Crippen molar-refractivity contribution >= 4 is 0 Å². The summed E-state index contributed by atoms with van der Waals surface area (Å²) in [6.45, 7) is 8.88. The van der Waals surface area contributed by atoms with Gasteiger partial charge in [0, 0.05) is 6.04 Å². The fraction of sp³-hybridized carbons (Fsp3) is 0.800. The lowest BCUT2D eigenvalue weighted by Crippen LogP contribution is -2.29. The first-order valence-corrected chi connectivity index (χ1v) is 4.47. The largest absolute Gasteiger partial charge is 0.317 e. The molecule has 0 amide bonds. The standard InChI is InChI=1S/C10H21N/c1-6-7-8(2)9(3)10(4)11-5/h7,9-11H,6H2,1-5H3/b8-7+. The second-order valence-corrected chi connectivity index (χ2v) is 3.22. The Hall–Kier alpha value is -0.300. The molecule has 0 aromatic carbocycles. The average Bonchev–Trinajstić information content (AvgIpc) is 2.02. The van der Waals surface area contributed by atoms with E-state index < -0.39 is 0 Å². The van der Waals surface area contributed by atoms with Crippen molar-refractivity contribution in [2.75, 3.05) is 7.05 Å². The molecule has 0 aromatic rings. The molecule has 0 aliphatic rings. The highest BCUT2D eigenvalue weighted by Crippen LogP contribution is 2.14. The van der Waals surface area contributed by atoms with Crippen molar-refractivity contribution in [2.24, 2.45) is 5.92 Å². The Kier molecular flexibility index (Phi) is 5.22. The molecular formula is C10H21N. The van der Waals surface area contributed by atoms with E-state index in [0.29, 0.717) is 12.0 Å². The van der Waals surface area contributed by atoms with E-state index in [1.165, 1.54) is 5.57 Å². The molecule has 2 atom stereocenters. The summed E-state index contributed by atoms with van der Waals surface area (Å²) in [5, 5.41) is 3.26. The van der Waals surface area contributed by atoms with Crippen LogP contribution in [0.1, 0.15) is 34.1 Å². The van der Waals surface area contributed by atoms with E-state index in [9.17, 15) is 0 Å². The molecule has 0 saturated heterocycles. The topological polar surface area (TPSA) is 12.0 Å². The predicted molar refractivity (Wildman–Crippen MR) is 51.7 cm³/mol. The van der Waals surface area contributed by atoms with Crippen molar-refractivity contribution in [3.63, 3.8) is 0 Å². The highest BCUT2D eigenvalue weighted by atomic mass is 14.9. The summed E-state index contributed by atoms with van der Waals surface area (Å²) in [7, 11) is 2.01. The van der Waals surface area contributed by atoms with Gasteiger partial charge in [-0.05, 0) is 33.2 Å². The molecule has 0 radical (unpaired) electrons. The van der Waals surface area contributed by atoms with Crippen LogP contribution in [0.2, 0.25) is 0 Å². The van der Waals surface area contributed by atoms with Crippen LogP contribution in [0.5, 0.6) is 0 Å². The lowest BCUT2D eigenvalue weighted by atomic mass is 9.95. The minimum atomic E-state index is 0.581. The van der Waals surface area contributed by atoms with Crippen LogP contribution in [0.25, 0.3) is 0 Å². The summed E-state index contributed by atoms with van der Waals surface area (Å²) in [5.41, 5.74) is 1.49. The Balaban J connectivity index is 4.00. The van der Waals surface area contributed by atoms with E-state index >= 15 is 0 Å². The Morgan fingerprint density at radius 2 is 2.00 bits per heavy atom. The van der Waals surface area contributed by atoms with Crippen LogP contribution in [0.4, 0.5) is 0 Å². The van der Waals surface area contributed by atoms with E-state index in [4.69, 9.17) is 0 Å². The van der Waals surface area contributed by atoms with Crippen molar-refractivity contribution in [3.05, 3.63) is 11.6 Å². The first-order valence-electron chi connectivity index (χ1n) is 4.47. The molecule has 0 rings (SSSR count). The fourth-order valence-corrected chi connectivity index (χ4v) is 1.15. The number of allylic oxidation sites excluding steroid dienone is 1. The van der Waals surface area contributed by atoms with Gasteiger partial charge in [-0.15, -0.1) is 0 Å². The smallest absolute Gasteiger partial charge is 0.00984 e. The molecule has 11 heavy (non-hydrogen) atoms. The molecule has 1 heteroatoms. The third-order valence-corrected chi connectivity index (χ3v) is 2.45. The summed E-state index contributed by atoms with van der Waals surface area (Å²) >= 11 is 0. The van der Waals surface area contributed by atoms with Crippen molar-refractivity contribution in [3.8, 4) is 0 Å². The van der Waals surface area contributed by atoms with Gasteiger partial charge in [0.2, 0.25) is 0 Å². The maximum absolute atomic E-state index is 3.26. The van der Waals surface area contributed by atoms with Crippen LogP contribution in [-0.4, -0.2) is 13.1 Å². The van der Waals surface area contributed by atoms with Gasteiger partial charge in [-0.3, -0.25) is 0 Å². The zero-order valence-corrected chi connectivity index (χ0v) is 8.44. The number of hydrogen-bond donors (Lipinski definition) is 1. The van der Waals surface area contributed by atoms with Gasteiger partial charge in [-0.25, -0.2) is 0 Å². The van der Waals surface area contributed by atoms with Gasteiger partial charge in [0.15, 0.2) is 0 Å². The molecule has 2 unspecified atom stereocenters. The van der Waals surface area contributed by atoms with E-state index in [2.05, 4.69) is 39.1 Å². The molecule has 0 aliphatic heterocycles. The highest BCUT2D eigenvalue weighted by molar-refractivity contribution is 5.04. The first kappa shape index (κ1) is 10.7. The fourth-order valence-electron chi connectivity index (χ4n) is 1.15. The summed E-state index contributed by atoms with van der Waals surface area (Å²) in [4.78, 5) is 0. The van der Waals surface area contributed by atoms with Gasteiger partial charge < -0.3 is 5.32 Å². The minimum absolute atomic E-state index is 0.581. The van der Waals surface area contributed by atoms with Crippen LogP contribution in [0.15, 0.2) is 11.6 Å². The van der Waals surface area contributed by atoms with Crippen molar-refractivity contribution in [2.45, 2.75) is 40.2 Å². The Bertz CT molecular complexity index is 127. The van der Waals surface area contributed by atoms with Crippen molar-refractivity contribution in [1.82, 2.24) is 5.32 Å². The van der Waals surface area contributed by atoms with Gasteiger partial charge in [0.05, 0.1) is 0 Å². The van der Waals surface area contributed by atoms with E-state index in [1.807, 2.05) is 7.05 Å². The van der Waals surface area contributed by atoms with E-state index in [0.717, 1.165) is 6.42 Å². The van der Waals surface area contributed by atoms with Crippen LogP contribution in [0, 0.1) is 5.92 Å². The van der Waals surface area contributed by atoms with Gasteiger partial charge in [0.25, 0.3) is 0 Å². The Labute approximate surface area is 70.9 Å². The molecule has 0 bridgehead atoms. The summed E-state index contributed by atoms with van der Waals surface area (Å²) in [5.74, 6) is 0.653. The van der Waals surface area contributed by atoms with Gasteiger partial charge in [-0.1, -0.05) is 25.5 Å². The summed E-state index contributed by atoms with van der Waals surface area (Å²) < 4.78 is 0. The average molecular weight is 155 g/mol. The minimum Gasteiger partial charge on any atom is -0.317 e. The summed E-state index contributed by atoms with van der Waals surface area (Å²) in [6.07, 6.45) is 3.45. The maximum Gasteiger partial charge on any atom is 0.00984 e. The van der Waals surface area contributed by atoms with Crippen LogP contribution in [-0.2, 0) is 0 Å². The second kappa shape index (κ2) is 5.36. The van der Waals surface area contributed by atoms with Gasteiger partial charge >= 0.3 is 0 Å². The zero-order valence-electron chi connectivity index (χ0n) is 8.44. The lowest BCUT2D eigenvalue weighted by Gasteiger charge is -2.19. The van der Waals surface area contributed by atoms with Gasteiger partial charge in [-0.2, -0.15) is 0 Å². The van der Waals surface area contributed by atoms with E-state index in [-0.39, 0.29) is 0 Å². The molecule has 0 heterocycles. The maximum atomic E-state index is 3.26. The molecule has 66 valence electrons.